The van der Waals surface area contributed by atoms with Gasteiger partial charge in [-0.25, -0.2) is 9.09 Å². The number of benzene rings is 2. The third kappa shape index (κ3) is 9.52. The molecule has 0 bridgehead atoms. The maximum atomic E-state index is 11.8. The normalized spacial score (nSPS) is 13.7. The molecule has 0 radical (unpaired) electrons. The molecule has 222 valence electrons. The Bertz CT molecular complexity index is 1220. The van der Waals surface area contributed by atoms with Crippen molar-refractivity contribution in [2.24, 2.45) is 5.06 Å². The van der Waals surface area contributed by atoms with Gasteiger partial charge in [0.25, 0.3) is 0 Å². The number of ether oxygens (including phenoxy) is 2. The molecule has 0 heterocycles. The first-order valence-corrected chi connectivity index (χ1v) is 15.9. The van der Waals surface area contributed by atoms with E-state index in [1.807, 2.05) is 79.7 Å². The van der Waals surface area contributed by atoms with Crippen LogP contribution < -0.4 is 9.47 Å². The molecule has 0 aliphatic carbocycles. The van der Waals surface area contributed by atoms with E-state index in [4.69, 9.17) is 23.8 Å². The van der Waals surface area contributed by atoms with E-state index in [0.29, 0.717) is 11.5 Å². The van der Waals surface area contributed by atoms with Crippen molar-refractivity contribution < 1.29 is 47.0 Å². The predicted molar refractivity (Wildman–Crippen MR) is 154 cm³/mol. The summed E-state index contributed by atoms with van der Waals surface area (Å²) < 4.78 is 48.4. The minimum absolute atomic E-state index is 0.0397. The Morgan fingerprint density at radius 2 is 1.00 bits per heavy atom. The second-order valence-electron chi connectivity index (χ2n) is 10.5. The van der Waals surface area contributed by atoms with Crippen LogP contribution in [0.2, 0.25) is 0 Å². The number of hydrogen-bond donors (Lipinski definition) is 3. The van der Waals surface area contributed by atoms with Crippen LogP contribution in [-0.2, 0) is 22.8 Å². The van der Waals surface area contributed by atoms with Crippen LogP contribution >= 0.6 is 15.6 Å². The molecule has 3 N–H and O–H groups in total. The van der Waals surface area contributed by atoms with Gasteiger partial charge in [0.15, 0.2) is 6.79 Å². The molecule has 2 rings (SSSR count). The fourth-order valence-corrected chi connectivity index (χ4v) is 4.70. The molecule has 0 aromatic heterocycles. The van der Waals surface area contributed by atoms with E-state index >= 15 is 0 Å². The van der Waals surface area contributed by atoms with Crippen molar-refractivity contribution in [2.45, 2.75) is 79.1 Å². The van der Waals surface area contributed by atoms with Gasteiger partial charge in [-0.3, -0.25) is 0 Å². The summed E-state index contributed by atoms with van der Waals surface area (Å²) in [6.07, 6.45) is 0. The molecule has 14 heteroatoms. The van der Waals surface area contributed by atoms with Gasteiger partial charge in [0.2, 0.25) is 0 Å². The van der Waals surface area contributed by atoms with Crippen molar-refractivity contribution in [3.05, 3.63) is 46.5 Å². The zero-order valence-electron chi connectivity index (χ0n) is 24.3. The van der Waals surface area contributed by atoms with Gasteiger partial charge in [-0.2, -0.15) is 0 Å². The molecule has 0 aliphatic rings. The standard InChI is InChI=1S/C26H40BNO10P2/c1-15(2)21-9-19(10-22(16(3)4)25(21)34-13-36-39(29,30)31)20-11-23(17(5)6)26(24(12-20)18(7)8)35-14-37-40(32,33)38-28-27/h9-12,15-18,27H,13-14H2,1-8H3,(H,32,33)(H2,29,30,31). The number of phosphoric ester groups is 2. The quantitative estimate of drug-likeness (QED) is 0.0866. The van der Waals surface area contributed by atoms with Crippen molar-refractivity contribution >= 4 is 23.3 Å². The third-order valence-electron chi connectivity index (χ3n) is 6.12. The molecule has 40 heavy (non-hydrogen) atoms. The summed E-state index contributed by atoms with van der Waals surface area (Å²) in [5, 5.41) is 2.95. The van der Waals surface area contributed by atoms with Crippen molar-refractivity contribution in [3.63, 3.8) is 0 Å². The van der Waals surface area contributed by atoms with E-state index in [1.165, 1.54) is 0 Å². The molecule has 0 fully saturated rings. The summed E-state index contributed by atoms with van der Waals surface area (Å²) in [5.41, 5.74) is 5.38. The van der Waals surface area contributed by atoms with Crippen LogP contribution in [0.4, 0.5) is 0 Å². The van der Waals surface area contributed by atoms with E-state index in [0.717, 1.165) is 33.4 Å². The van der Waals surface area contributed by atoms with Crippen molar-refractivity contribution in [2.75, 3.05) is 13.6 Å². The van der Waals surface area contributed by atoms with Gasteiger partial charge in [0.05, 0.1) is 0 Å². The van der Waals surface area contributed by atoms with E-state index in [9.17, 15) is 14.0 Å². The molecule has 0 spiro atoms. The number of nitrogens with zero attached hydrogens (tertiary/aromatic N) is 1. The Kier molecular flexibility index (Phi) is 12.2. The molecule has 2 aromatic rings. The third-order valence-corrected chi connectivity index (χ3v) is 7.31. The SMILES string of the molecule is B=NOP(=O)(O)OCOc1c(C(C)C)cc(-c2cc(C(C)C)c(OCOP(=O)(O)O)c(C(C)C)c2)cc1C(C)C. The zero-order valence-corrected chi connectivity index (χ0v) is 26.1. The average molecular weight is 599 g/mol. The Morgan fingerprint density at radius 1 is 0.675 bits per heavy atom. The Labute approximate surface area is 237 Å². The second-order valence-corrected chi connectivity index (χ2v) is 13.1. The van der Waals surface area contributed by atoms with Crippen molar-refractivity contribution in [3.8, 4) is 22.6 Å². The summed E-state index contributed by atoms with van der Waals surface area (Å²) in [7, 11) is -6.10. The van der Waals surface area contributed by atoms with Crippen LogP contribution in [0.25, 0.3) is 11.1 Å². The van der Waals surface area contributed by atoms with Crippen LogP contribution in [0.5, 0.6) is 11.5 Å². The molecular weight excluding hydrogens is 559 g/mol. The molecular formula is C26H40BNO10P2. The van der Waals surface area contributed by atoms with Gasteiger partial charge < -0.3 is 14.5 Å². The minimum atomic E-state index is -4.68. The fraction of sp³-hybridized carbons (Fsp3) is 0.538. The van der Waals surface area contributed by atoms with Crippen LogP contribution in [0.15, 0.2) is 29.3 Å². The molecule has 0 amide bonds. The monoisotopic (exact) mass is 599 g/mol. The van der Waals surface area contributed by atoms with Crippen LogP contribution in [0.3, 0.4) is 0 Å². The molecule has 1 unspecified atom stereocenters. The van der Waals surface area contributed by atoms with Crippen LogP contribution in [0.1, 0.15) is 101 Å². The van der Waals surface area contributed by atoms with Crippen molar-refractivity contribution in [1.82, 2.24) is 0 Å². The summed E-state index contributed by atoms with van der Waals surface area (Å²) >= 11 is 0. The van der Waals surface area contributed by atoms with E-state index in [-0.39, 0.29) is 23.7 Å². The molecule has 0 aliphatic heterocycles. The first-order chi connectivity index (χ1) is 18.5. The van der Waals surface area contributed by atoms with E-state index in [1.54, 1.807) is 0 Å². The molecule has 2 aromatic carbocycles. The number of hydrogen-bond acceptors (Lipinski definition) is 8. The fourth-order valence-electron chi connectivity index (χ4n) is 4.13. The summed E-state index contributed by atoms with van der Waals surface area (Å²) in [6.45, 7) is 15.0. The van der Waals surface area contributed by atoms with E-state index < -0.39 is 29.2 Å². The van der Waals surface area contributed by atoms with E-state index in [2.05, 4.69) is 21.8 Å². The Balaban J connectivity index is 2.64. The van der Waals surface area contributed by atoms with Gasteiger partial charge in [0.1, 0.15) is 5.75 Å². The molecule has 0 saturated heterocycles. The Morgan fingerprint density at radius 3 is 1.27 bits per heavy atom. The summed E-state index contributed by atoms with van der Waals surface area (Å²) in [4.78, 5) is 27.8. The van der Waals surface area contributed by atoms with Gasteiger partial charge in [-0.15, -0.1) is 0 Å². The van der Waals surface area contributed by atoms with Gasteiger partial charge in [-0.05, 0) is 23.0 Å². The maximum absolute atomic E-state index is 11.8. The molecule has 1 atom stereocenters. The first-order valence-electron chi connectivity index (χ1n) is 12.9. The van der Waals surface area contributed by atoms with Crippen LogP contribution in [-0.4, -0.2) is 35.9 Å². The number of rotatable bonds is 15. The summed E-state index contributed by atoms with van der Waals surface area (Å²) in [5.74, 6) is 1.26. The van der Waals surface area contributed by atoms with Gasteiger partial charge >= 0.3 is 150 Å². The summed E-state index contributed by atoms with van der Waals surface area (Å²) in [6, 6.07) is 8.07. The van der Waals surface area contributed by atoms with Crippen LogP contribution in [0, 0.1) is 0 Å². The topological polar surface area (TPSA) is 153 Å². The Hall–Kier alpha value is -2.04. The predicted octanol–water partition coefficient (Wildman–Crippen LogP) is 6.76. The van der Waals surface area contributed by atoms with Gasteiger partial charge in [-0.1, -0.05) is 27.7 Å². The first kappa shape index (κ1) is 34.2. The molecule has 0 saturated carbocycles. The van der Waals surface area contributed by atoms with Gasteiger partial charge in [0, 0.05) is 0 Å². The van der Waals surface area contributed by atoms with Crippen molar-refractivity contribution in [1.29, 1.82) is 0 Å². The zero-order chi connectivity index (χ0) is 30.4. The second kappa shape index (κ2) is 14.2. The number of phosphoric acid groups is 2. The average Bonchev–Trinajstić information content (AvgIpc) is 2.82. The molecule has 11 nitrogen and oxygen atoms in total.